The van der Waals surface area contributed by atoms with E-state index in [0.717, 1.165) is 46.2 Å². The van der Waals surface area contributed by atoms with E-state index in [-0.39, 0.29) is 0 Å². The molecule has 0 saturated heterocycles. The minimum absolute atomic E-state index is 0.668. The highest BCUT2D eigenvalue weighted by molar-refractivity contribution is 9.09. The highest BCUT2D eigenvalue weighted by Gasteiger charge is 2.11. The molecular formula is C20H27BrO2. The first-order valence-electron chi connectivity index (χ1n) is 8.61. The fourth-order valence-corrected chi connectivity index (χ4v) is 2.95. The van der Waals surface area contributed by atoms with Gasteiger partial charge in [0.2, 0.25) is 0 Å². The smallest absolute Gasteiger partial charge is 0.130 e. The van der Waals surface area contributed by atoms with Crippen molar-refractivity contribution in [3.8, 4) is 11.5 Å². The van der Waals surface area contributed by atoms with Gasteiger partial charge in [0, 0.05) is 16.1 Å². The SMILES string of the molecule is CCCCCCCOc1c(C)cc(OCCBr)c2ccccc12. The molecule has 0 aliphatic rings. The van der Waals surface area contributed by atoms with Crippen LogP contribution in [0.2, 0.25) is 0 Å². The second kappa shape index (κ2) is 9.82. The lowest BCUT2D eigenvalue weighted by molar-refractivity contribution is 0.305. The normalized spacial score (nSPS) is 10.9. The van der Waals surface area contributed by atoms with E-state index in [1.165, 1.54) is 25.7 Å². The monoisotopic (exact) mass is 378 g/mol. The highest BCUT2D eigenvalue weighted by atomic mass is 79.9. The third-order valence-electron chi connectivity index (χ3n) is 3.97. The summed E-state index contributed by atoms with van der Waals surface area (Å²) in [7, 11) is 0. The van der Waals surface area contributed by atoms with Crippen LogP contribution in [0.4, 0.5) is 0 Å². The molecule has 3 heteroatoms. The van der Waals surface area contributed by atoms with Gasteiger partial charge < -0.3 is 9.47 Å². The van der Waals surface area contributed by atoms with Crippen LogP contribution in [0, 0.1) is 6.92 Å². The van der Waals surface area contributed by atoms with Crippen LogP contribution < -0.4 is 9.47 Å². The lowest BCUT2D eigenvalue weighted by Gasteiger charge is -2.16. The Morgan fingerprint density at radius 2 is 1.65 bits per heavy atom. The molecule has 0 saturated carbocycles. The molecule has 0 aliphatic carbocycles. The molecule has 0 atom stereocenters. The van der Waals surface area contributed by atoms with Crippen molar-refractivity contribution in [2.24, 2.45) is 0 Å². The molecule has 0 unspecified atom stereocenters. The molecule has 0 aliphatic heterocycles. The largest absolute Gasteiger partial charge is 0.493 e. The van der Waals surface area contributed by atoms with Crippen molar-refractivity contribution in [3.05, 3.63) is 35.9 Å². The minimum atomic E-state index is 0.668. The summed E-state index contributed by atoms with van der Waals surface area (Å²) < 4.78 is 12.0. The summed E-state index contributed by atoms with van der Waals surface area (Å²) in [6.45, 7) is 5.79. The lowest BCUT2D eigenvalue weighted by atomic mass is 10.0. The number of halogens is 1. The van der Waals surface area contributed by atoms with Crippen LogP contribution in [-0.2, 0) is 0 Å². The van der Waals surface area contributed by atoms with E-state index in [1.807, 2.05) is 6.07 Å². The molecule has 0 amide bonds. The molecule has 2 aromatic rings. The zero-order valence-corrected chi connectivity index (χ0v) is 15.8. The standard InChI is InChI=1S/C20H27BrO2/c1-3-4-5-6-9-13-23-20-16(2)15-19(22-14-12-21)17-10-7-8-11-18(17)20/h7-8,10-11,15H,3-6,9,12-14H2,1-2H3. The van der Waals surface area contributed by atoms with Gasteiger partial charge in [-0.05, 0) is 25.0 Å². The van der Waals surface area contributed by atoms with Crippen molar-refractivity contribution >= 4 is 26.7 Å². The number of benzene rings is 2. The van der Waals surface area contributed by atoms with Crippen molar-refractivity contribution in [2.75, 3.05) is 18.5 Å². The third kappa shape index (κ3) is 5.13. The number of ether oxygens (including phenoxy) is 2. The first-order chi connectivity index (χ1) is 11.3. The number of unbranched alkanes of at least 4 members (excludes halogenated alkanes) is 4. The molecule has 23 heavy (non-hydrogen) atoms. The minimum Gasteiger partial charge on any atom is -0.493 e. The Morgan fingerprint density at radius 3 is 2.39 bits per heavy atom. The maximum atomic E-state index is 6.12. The Hall–Kier alpha value is -1.22. The van der Waals surface area contributed by atoms with Gasteiger partial charge >= 0.3 is 0 Å². The summed E-state index contributed by atoms with van der Waals surface area (Å²) in [5.41, 5.74) is 1.14. The van der Waals surface area contributed by atoms with Crippen LogP contribution in [0.15, 0.2) is 30.3 Å². The Bertz CT molecular complexity index is 610. The van der Waals surface area contributed by atoms with Crippen LogP contribution in [-0.4, -0.2) is 18.5 Å². The van der Waals surface area contributed by atoms with Crippen LogP contribution in [0.1, 0.15) is 44.6 Å². The maximum Gasteiger partial charge on any atom is 0.130 e. The first-order valence-corrected chi connectivity index (χ1v) is 9.74. The van der Waals surface area contributed by atoms with E-state index in [2.05, 4.69) is 54.0 Å². The van der Waals surface area contributed by atoms with Crippen molar-refractivity contribution < 1.29 is 9.47 Å². The van der Waals surface area contributed by atoms with Crippen LogP contribution in [0.3, 0.4) is 0 Å². The van der Waals surface area contributed by atoms with E-state index < -0.39 is 0 Å². The summed E-state index contributed by atoms with van der Waals surface area (Å²) >= 11 is 3.41. The molecule has 0 aromatic heterocycles. The molecule has 0 spiro atoms. The molecule has 2 nitrogen and oxygen atoms in total. The lowest BCUT2D eigenvalue weighted by Crippen LogP contribution is -2.02. The van der Waals surface area contributed by atoms with Crippen molar-refractivity contribution in [1.29, 1.82) is 0 Å². The fourth-order valence-electron chi connectivity index (χ4n) is 2.79. The van der Waals surface area contributed by atoms with E-state index in [9.17, 15) is 0 Å². The Morgan fingerprint density at radius 1 is 0.913 bits per heavy atom. The number of alkyl halides is 1. The van der Waals surface area contributed by atoms with Crippen LogP contribution >= 0.6 is 15.9 Å². The van der Waals surface area contributed by atoms with E-state index >= 15 is 0 Å². The van der Waals surface area contributed by atoms with Gasteiger partial charge in [-0.3, -0.25) is 0 Å². The summed E-state index contributed by atoms with van der Waals surface area (Å²) in [6, 6.07) is 10.4. The number of hydrogen-bond acceptors (Lipinski definition) is 2. The molecule has 2 rings (SSSR count). The molecule has 126 valence electrons. The average Bonchev–Trinajstić information content (AvgIpc) is 2.57. The predicted octanol–water partition coefficient (Wildman–Crippen LogP) is 6.27. The Balaban J connectivity index is 2.12. The fraction of sp³-hybridized carbons (Fsp3) is 0.500. The van der Waals surface area contributed by atoms with E-state index in [1.54, 1.807) is 0 Å². The van der Waals surface area contributed by atoms with Gasteiger partial charge in [0.05, 0.1) is 13.2 Å². The Kier molecular flexibility index (Phi) is 7.73. The molecular weight excluding hydrogens is 352 g/mol. The van der Waals surface area contributed by atoms with Gasteiger partial charge in [-0.2, -0.15) is 0 Å². The van der Waals surface area contributed by atoms with E-state index in [0.29, 0.717) is 6.61 Å². The molecule has 2 aromatic carbocycles. The van der Waals surface area contributed by atoms with Gasteiger partial charge in [-0.15, -0.1) is 0 Å². The maximum absolute atomic E-state index is 6.12. The van der Waals surface area contributed by atoms with Gasteiger partial charge in [0.1, 0.15) is 11.5 Å². The van der Waals surface area contributed by atoms with Gasteiger partial charge in [-0.25, -0.2) is 0 Å². The summed E-state index contributed by atoms with van der Waals surface area (Å²) in [6.07, 6.45) is 6.27. The quantitative estimate of drug-likeness (QED) is 0.358. The summed E-state index contributed by atoms with van der Waals surface area (Å²) in [5, 5.41) is 3.10. The van der Waals surface area contributed by atoms with Crippen LogP contribution in [0.5, 0.6) is 11.5 Å². The number of aryl methyl sites for hydroxylation is 1. The predicted molar refractivity (Wildman–Crippen MR) is 102 cm³/mol. The highest BCUT2D eigenvalue weighted by Crippen LogP contribution is 2.36. The molecule has 0 radical (unpaired) electrons. The van der Waals surface area contributed by atoms with Gasteiger partial charge in [0.25, 0.3) is 0 Å². The molecule has 0 N–H and O–H groups in total. The molecule has 0 heterocycles. The third-order valence-corrected chi connectivity index (χ3v) is 4.30. The molecule has 0 bridgehead atoms. The topological polar surface area (TPSA) is 18.5 Å². The average molecular weight is 379 g/mol. The van der Waals surface area contributed by atoms with Crippen LogP contribution in [0.25, 0.3) is 10.8 Å². The Labute approximate surface area is 148 Å². The second-order valence-electron chi connectivity index (χ2n) is 5.87. The summed E-state index contributed by atoms with van der Waals surface area (Å²) in [4.78, 5) is 0. The van der Waals surface area contributed by atoms with Crippen molar-refractivity contribution in [3.63, 3.8) is 0 Å². The zero-order chi connectivity index (χ0) is 16.5. The molecule has 0 fully saturated rings. The number of fused-ring (bicyclic) bond motifs is 1. The second-order valence-corrected chi connectivity index (χ2v) is 6.66. The van der Waals surface area contributed by atoms with Gasteiger partial charge in [0.15, 0.2) is 0 Å². The van der Waals surface area contributed by atoms with E-state index in [4.69, 9.17) is 9.47 Å². The van der Waals surface area contributed by atoms with Gasteiger partial charge in [-0.1, -0.05) is 72.8 Å². The first kappa shape index (κ1) is 18.1. The zero-order valence-electron chi connectivity index (χ0n) is 14.2. The number of hydrogen-bond donors (Lipinski definition) is 0. The van der Waals surface area contributed by atoms with Crippen molar-refractivity contribution in [1.82, 2.24) is 0 Å². The number of rotatable bonds is 10. The summed E-state index contributed by atoms with van der Waals surface area (Å²) in [5.74, 6) is 1.94. The van der Waals surface area contributed by atoms with Crippen molar-refractivity contribution in [2.45, 2.75) is 46.0 Å².